The fraction of sp³-hybridized carbons (Fsp3) is 0.571. The average molecular weight is 302 g/mol. The van der Waals surface area contributed by atoms with Gasteiger partial charge < -0.3 is 10.0 Å². The quantitative estimate of drug-likeness (QED) is 0.912. The summed E-state index contributed by atoms with van der Waals surface area (Å²) in [6, 6.07) is 1.95. The molecule has 21 heavy (non-hydrogen) atoms. The predicted octanol–water partition coefficient (Wildman–Crippen LogP) is 2.33. The Morgan fingerprint density at radius 3 is 2.71 bits per heavy atom. The number of nitrogens with zero attached hydrogens (tertiary/aromatic N) is 2. The summed E-state index contributed by atoms with van der Waals surface area (Å²) in [5.41, 5.74) is -0.881. The Morgan fingerprint density at radius 1 is 1.48 bits per heavy atom. The highest BCUT2D eigenvalue weighted by Gasteiger charge is 2.32. The molecule has 0 aliphatic carbocycles. The number of piperidine rings is 1. The maximum absolute atomic E-state index is 12.5. The minimum Gasteiger partial charge on any atom is -0.393 e. The van der Waals surface area contributed by atoms with E-state index in [-0.39, 0.29) is 11.6 Å². The first kappa shape index (κ1) is 15.8. The largest absolute Gasteiger partial charge is 0.417 e. The lowest BCUT2D eigenvalue weighted by atomic mass is 9.92. The van der Waals surface area contributed by atoms with E-state index in [2.05, 4.69) is 4.98 Å². The van der Waals surface area contributed by atoms with Gasteiger partial charge in [-0.1, -0.05) is 6.92 Å². The van der Waals surface area contributed by atoms with Crippen molar-refractivity contribution in [3.8, 4) is 0 Å². The van der Waals surface area contributed by atoms with Crippen molar-refractivity contribution in [2.45, 2.75) is 32.0 Å². The summed E-state index contributed by atoms with van der Waals surface area (Å²) in [5.74, 6) is -0.397. The van der Waals surface area contributed by atoms with Crippen molar-refractivity contribution in [2.24, 2.45) is 5.92 Å². The molecule has 2 unspecified atom stereocenters. The van der Waals surface area contributed by atoms with Crippen LogP contribution >= 0.6 is 0 Å². The van der Waals surface area contributed by atoms with Crippen LogP contribution in [0.2, 0.25) is 0 Å². The molecule has 1 aromatic heterocycles. The SMILES string of the molecule is CCC1CN(C(=O)c2ccc(C(F)(F)F)cn2)CCC1O. The van der Waals surface area contributed by atoms with E-state index in [0.717, 1.165) is 18.6 Å². The zero-order valence-corrected chi connectivity index (χ0v) is 11.6. The molecule has 0 aromatic carbocycles. The number of carbonyl (C=O) groups excluding carboxylic acids is 1. The number of amides is 1. The van der Waals surface area contributed by atoms with Crippen LogP contribution in [0.4, 0.5) is 13.2 Å². The molecule has 1 aromatic rings. The van der Waals surface area contributed by atoms with Crippen molar-refractivity contribution < 1.29 is 23.1 Å². The molecule has 0 radical (unpaired) electrons. The Kier molecular flexibility index (Phi) is 4.51. The highest BCUT2D eigenvalue weighted by Crippen LogP contribution is 2.28. The molecule has 7 heteroatoms. The second kappa shape index (κ2) is 6.01. The monoisotopic (exact) mass is 302 g/mol. The summed E-state index contributed by atoms with van der Waals surface area (Å²) in [6.07, 6.45) is -3.00. The molecule has 0 saturated carbocycles. The van der Waals surface area contributed by atoms with Crippen molar-refractivity contribution in [2.75, 3.05) is 13.1 Å². The minimum atomic E-state index is -4.46. The Labute approximate surface area is 120 Å². The van der Waals surface area contributed by atoms with Gasteiger partial charge in [0.1, 0.15) is 5.69 Å². The standard InChI is InChI=1S/C14H17F3N2O2/c1-2-9-8-19(6-5-12(9)20)13(21)11-4-3-10(7-18-11)14(15,16)17/h3-4,7,9,12,20H,2,5-6,8H2,1H3. The van der Waals surface area contributed by atoms with Crippen LogP contribution in [0.3, 0.4) is 0 Å². The average Bonchev–Trinajstić information content (AvgIpc) is 2.46. The van der Waals surface area contributed by atoms with Crippen molar-refractivity contribution in [3.63, 3.8) is 0 Å². The van der Waals surface area contributed by atoms with E-state index in [9.17, 15) is 23.1 Å². The number of halogens is 3. The van der Waals surface area contributed by atoms with Crippen LogP contribution in [-0.4, -0.2) is 40.1 Å². The van der Waals surface area contributed by atoms with Crippen LogP contribution in [0.5, 0.6) is 0 Å². The second-order valence-electron chi connectivity index (χ2n) is 5.21. The summed E-state index contributed by atoms with van der Waals surface area (Å²) in [5, 5.41) is 9.79. The topological polar surface area (TPSA) is 53.4 Å². The molecule has 1 aliphatic heterocycles. The van der Waals surface area contributed by atoms with Gasteiger partial charge in [-0.3, -0.25) is 9.78 Å². The first-order chi connectivity index (χ1) is 9.82. The lowest BCUT2D eigenvalue weighted by Gasteiger charge is -2.35. The predicted molar refractivity (Wildman–Crippen MR) is 69.5 cm³/mol. The molecule has 1 fully saturated rings. The molecular weight excluding hydrogens is 285 g/mol. The molecule has 4 nitrogen and oxygen atoms in total. The first-order valence-electron chi connectivity index (χ1n) is 6.83. The van der Waals surface area contributed by atoms with Crippen LogP contribution in [0.1, 0.15) is 35.8 Å². The molecule has 1 amide bonds. The number of hydrogen-bond acceptors (Lipinski definition) is 3. The maximum Gasteiger partial charge on any atom is 0.417 e. The highest BCUT2D eigenvalue weighted by atomic mass is 19.4. The summed E-state index contributed by atoms with van der Waals surface area (Å²) in [7, 11) is 0. The smallest absolute Gasteiger partial charge is 0.393 e. The first-order valence-corrected chi connectivity index (χ1v) is 6.83. The van der Waals surface area contributed by atoms with E-state index in [0.29, 0.717) is 25.7 Å². The van der Waals surface area contributed by atoms with Crippen molar-refractivity contribution >= 4 is 5.91 Å². The van der Waals surface area contributed by atoms with Gasteiger partial charge >= 0.3 is 6.18 Å². The normalized spacial score (nSPS) is 23.2. The lowest BCUT2D eigenvalue weighted by molar-refractivity contribution is -0.137. The highest BCUT2D eigenvalue weighted by molar-refractivity contribution is 5.92. The molecular formula is C14H17F3N2O2. The summed E-state index contributed by atoms with van der Waals surface area (Å²) in [4.78, 5) is 17.4. The van der Waals surface area contributed by atoms with Crippen LogP contribution < -0.4 is 0 Å². The molecule has 1 N–H and O–H groups in total. The fourth-order valence-corrected chi connectivity index (χ4v) is 2.46. The molecule has 2 heterocycles. The Morgan fingerprint density at radius 2 is 2.19 bits per heavy atom. The summed E-state index contributed by atoms with van der Waals surface area (Å²) >= 11 is 0. The van der Waals surface area contributed by atoms with Gasteiger partial charge in [0, 0.05) is 25.2 Å². The second-order valence-corrected chi connectivity index (χ2v) is 5.21. The third kappa shape index (κ3) is 3.53. The molecule has 2 rings (SSSR count). The van der Waals surface area contributed by atoms with Gasteiger partial charge in [0.2, 0.25) is 0 Å². The van der Waals surface area contributed by atoms with Crippen LogP contribution in [0.15, 0.2) is 18.3 Å². The molecule has 0 spiro atoms. The van der Waals surface area contributed by atoms with Crippen molar-refractivity contribution in [3.05, 3.63) is 29.6 Å². The Balaban J connectivity index is 2.10. The zero-order chi connectivity index (χ0) is 15.6. The number of carbonyl (C=O) groups is 1. The van der Waals surface area contributed by atoms with Gasteiger partial charge in [-0.25, -0.2) is 0 Å². The van der Waals surface area contributed by atoms with Gasteiger partial charge in [0.05, 0.1) is 11.7 Å². The number of aliphatic hydroxyl groups is 1. The van der Waals surface area contributed by atoms with E-state index in [1.165, 1.54) is 4.90 Å². The van der Waals surface area contributed by atoms with Crippen LogP contribution in [0, 0.1) is 5.92 Å². The maximum atomic E-state index is 12.5. The summed E-state index contributed by atoms with van der Waals surface area (Å²) < 4.78 is 37.4. The third-order valence-corrected chi connectivity index (χ3v) is 3.82. The molecule has 116 valence electrons. The number of aliphatic hydroxyl groups excluding tert-OH is 1. The van der Waals surface area contributed by atoms with Gasteiger partial charge in [0.15, 0.2) is 0 Å². The van der Waals surface area contributed by atoms with Crippen LogP contribution in [0.25, 0.3) is 0 Å². The van der Waals surface area contributed by atoms with E-state index < -0.39 is 23.8 Å². The number of hydrogen-bond donors (Lipinski definition) is 1. The Bertz CT molecular complexity index is 502. The molecule has 0 bridgehead atoms. The number of likely N-dealkylation sites (tertiary alicyclic amines) is 1. The van der Waals surface area contributed by atoms with Gasteiger partial charge in [-0.05, 0) is 25.0 Å². The van der Waals surface area contributed by atoms with E-state index in [4.69, 9.17) is 0 Å². The van der Waals surface area contributed by atoms with Crippen molar-refractivity contribution in [1.29, 1.82) is 0 Å². The number of pyridine rings is 1. The summed E-state index contributed by atoms with van der Waals surface area (Å²) in [6.45, 7) is 2.72. The minimum absolute atomic E-state index is 0.00264. The Hall–Kier alpha value is -1.63. The van der Waals surface area contributed by atoms with E-state index in [1.54, 1.807) is 0 Å². The van der Waals surface area contributed by atoms with Gasteiger partial charge in [0.25, 0.3) is 5.91 Å². The van der Waals surface area contributed by atoms with E-state index >= 15 is 0 Å². The van der Waals surface area contributed by atoms with Crippen LogP contribution in [-0.2, 0) is 6.18 Å². The van der Waals surface area contributed by atoms with Gasteiger partial charge in [-0.15, -0.1) is 0 Å². The molecule has 1 saturated heterocycles. The number of aromatic nitrogens is 1. The van der Waals surface area contributed by atoms with E-state index in [1.807, 2.05) is 6.92 Å². The number of rotatable bonds is 2. The zero-order valence-electron chi connectivity index (χ0n) is 11.6. The van der Waals surface area contributed by atoms with Gasteiger partial charge in [-0.2, -0.15) is 13.2 Å². The molecule has 2 atom stereocenters. The van der Waals surface area contributed by atoms with Crippen molar-refractivity contribution in [1.82, 2.24) is 9.88 Å². The third-order valence-electron chi connectivity index (χ3n) is 3.82. The lowest BCUT2D eigenvalue weighted by Crippen LogP contribution is -2.46. The fourth-order valence-electron chi connectivity index (χ4n) is 2.46. The number of alkyl halides is 3. The molecule has 1 aliphatic rings.